The van der Waals surface area contributed by atoms with E-state index >= 15 is 0 Å². The molecule has 7 nitrogen and oxygen atoms in total. The summed E-state index contributed by atoms with van der Waals surface area (Å²) in [4.78, 5) is 18.4. The summed E-state index contributed by atoms with van der Waals surface area (Å²) in [6.45, 7) is 2.03. The lowest BCUT2D eigenvalue weighted by Gasteiger charge is -2.18. The van der Waals surface area contributed by atoms with Crippen LogP contribution in [0.3, 0.4) is 0 Å². The number of esters is 1. The summed E-state index contributed by atoms with van der Waals surface area (Å²) in [5.74, 6) is 0.750. The van der Waals surface area contributed by atoms with Crippen molar-refractivity contribution in [2.75, 3.05) is 27.9 Å². The van der Waals surface area contributed by atoms with Gasteiger partial charge in [0.15, 0.2) is 17.6 Å². The van der Waals surface area contributed by atoms with Crippen molar-refractivity contribution in [3.8, 4) is 17.2 Å². The minimum atomic E-state index is -0.702. The van der Waals surface area contributed by atoms with Crippen LogP contribution in [0.4, 0.5) is 0 Å². The maximum Gasteiger partial charge on any atom is 0.319 e. The van der Waals surface area contributed by atoms with Gasteiger partial charge in [-0.2, -0.15) is 0 Å². The Hall–Kier alpha value is -3.22. The number of rotatable bonds is 7. The van der Waals surface area contributed by atoms with E-state index in [-0.39, 0.29) is 6.61 Å². The molecule has 0 N–H and O–H groups in total. The summed E-state index contributed by atoms with van der Waals surface area (Å²) in [6.07, 6.45) is -0.590. The summed E-state index contributed by atoms with van der Waals surface area (Å²) in [7, 11) is 4.72. The second-order valence-corrected chi connectivity index (χ2v) is 6.08. The first-order valence-corrected chi connectivity index (χ1v) is 8.89. The molecule has 2 unspecified atom stereocenters. The molecule has 0 spiro atoms. The van der Waals surface area contributed by atoms with E-state index in [0.29, 0.717) is 22.8 Å². The number of oxime groups is 1. The fourth-order valence-electron chi connectivity index (χ4n) is 3.12. The average Bonchev–Trinajstić information content (AvgIpc) is 3.18. The van der Waals surface area contributed by atoms with Crippen LogP contribution < -0.4 is 14.2 Å². The molecular formula is C21H23NO6. The van der Waals surface area contributed by atoms with Gasteiger partial charge in [0.25, 0.3) is 0 Å². The van der Waals surface area contributed by atoms with Crippen LogP contribution in [0, 0.1) is 5.92 Å². The Bertz CT molecular complexity index is 862. The van der Waals surface area contributed by atoms with Crippen molar-refractivity contribution in [3.63, 3.8) is 0 Å². The van der Waals surface area contributed by atoms with Gasteiger partial charge in [0.05, 0.1) is 27.9 Å². The Morgan fingerprint density at radius 3 is 2.32 bits per heavy atom. The van der Waals surface area contributed by atoms with Crippen LogP contribution in [0.5, 0.6) is 17.2 Å². The van der Waals surface area contributed by atoms with Crippen LogP contribution >= 0.6 is 0 Å². The van der Waals surface area contributed by atoms with Crippen molar-refractivity contribution in [3.05, 3.63) is 53.6 Å². The van der Waals surface area contributed by atoms with Crippen molar-refractivity contribution >= 4 is 11.7 Å². The molecule has 0 radical (unpaired) electrons. The molecule has 28 heavy (non-hydrogen) atoms. The molecule has 0 fully saturated rings. The van der Waals surface area contributed by atoms with Crippen LogP contribution in [0.15, 0.2) is 47.6 Å². The van der Waals surface area contributed by atoms with Crippen molar-refractivity contribution < 1.29 is 28.6 Å². The highest BCUT2D eigenvalue weighted by atomic mass is 16.6. The van der Waals surface area contributed by atoms with E-state index in [0.717, 1.165) is 11.3 Å². The second kappa shape index (κ2) is 8.65. The van der Waals surface area contributed by atoms with Gasteiger partial charge in [-0.05, 0) is 42.8 Å². The maximum absolute atomic E-state index is 12.7. The van der Waals surface area contributed by atoms with Gasteiger partial charge in [0.1, 0.15) is 17.4 Å². The molecule has 0 bridgehead atoms. The van der Waals surface area contributed by atoms with Gasteiger partial charge in [0, 0.05) is 5.56 Å². The van der Waals surface area contributed by atoms with E-state index in [2.05, 4.69) is 5.16 Å². The minimum Gasteiger partial charge on any atom is -0.497 e. The van der Waals surface area contributed by atoms with Crippen molar-refractivity contribution in [2.24, 2.45) is 11.1 Å². The first-order chi connectivity index (χ1) is 13.6. The van der Waals surface area contributed by atoms with E-state index in [9.17, 15) is 4.79 Å². The first-order valence-electron chi connectivity index (χ1n) is 8.89. The number of hydrogen-bond acceptors (Lipinski definition) is 7. The third-order valence-corrected chi connectivity index (χ3v) is 4.53. The van der Waals surface area contributed by atoms with Gasteiger partial charge in [-0.3, -0.25) is 4.79 Å². The monoisotopic (exact) mass is 385 g/mol. The summed E-state index contributed by atoms with van der Waals surface area (Å²) >= 11 is 0. The average molecular weight is 385 g/mol. The Balaban J connectivity index is 1.97. The van der Waals surface area contributed by atoms with Crippen LogP contribution in [0.1, 0.15) is 24.2 Å². The van der Waals surface area contributed by atoms with Crippen molar-refractivity contribution in [1.82, 2.24) is 0 Å². The SMILES string of the molecule is CCOC(=O)C1C(c2ccc(OC)c(OC)c2)=NOC1c1ccc(OC)cc1. The fraction of sp³-hybridized carbons (Fsp3) is 0.333. The molecular weight excluding hydrogens is 362 g/mol. The number of hydrogen-bond donors (Lipinski definition) is 0. The smallest absolute Gasteiger partial charge is 0.319 e. The van der Waals surface area contributed by atoms with Gasteiger partial charge in [-0.25, -0.2) is 0 Å². The minimum absolute atomic E-state index is 0.268. The number of ether oxygens (including phenoxy) is 4. The molecule has 148 valence electrons. The largest absolute Gasteiger partial charge is 0.497 e. The lowest BCUT2D eigenvalue weighted by molar-refractivity contribution is -0.148. The third-order valence-electron chi connectivity index (χ3n) is 4.53. The Kier molecular flexibility index (Phi) is 6.03. The summed E-state index contributed by atoms with van der Waals surface area (Å²) in [5.41, 5.74) is 1.99. The highest BCUT2D eigenvalue weighted by Crippen LogP contribution is 2.38. The summed E-state index contributed by atoms with van der Waals surface area (Å²) < 4.78 is 21.1. The van der Waals surface area contributed by atoms with Crippen LogP contribution in [0.2, 0.25) is 0 Å². The number of methoxy groups -OCH3 is 3. The molecule has 2 atom stereocenters. The number of carbonyl (C=O) groups excluding carboxylic acids is 1. The van der Waals surface area contributed by atoms with E-state index < -0.39 is 18.0 Å². The molecule has 2 aromatic rings. The first kappa shape index (κ1) is 19.5. The van der Waals surface area contributed by atoms with E-state index in [1.54, 1.807) is 40.4 Å². The van der Waals surface area contributed by atoms with E-state index in [4.69, 9.17) is 23.8 Å². The van der Waals surface area contributed by atoms with E-state index in [1.165, 1.54) is 0 Å². The maximum atomic E-state index is 12.7. The number of carbonyl (C=O) groups is 1. The number of nitrogens with zero attached hydrogens (tertiary/aromatic N) is 1. The molecule has 1 aliphatic heterocycles. The predicted octanol–water partition coefficient (Wildman–Crippen LogP) is 3.37. The Morgan fingerprint density at radius 2 is 1.71 bits per heavy atom. The number of benzene rings is 2. The standard InChI is InChI=1S/C21H23NO6/c1-5-27-21(23)18-19(14-8-11-16(25-3)17(12-14)26-4)22-28-20(18)13-6-9-15(24-2)10-7-13/h6-12,18,20H,5H2,1-4H3. The molecule has 0 amide bonds. The fourth-order valence-corrected chi connectivity index (χ4v) is 3.12. The van der Waals surface area contributed by atoms with E-state index in [1.807, 2.05) is 30.3 Å². The molecule has 7 heteroatoms. The molecule has 0 saturated heterocycles. The molecule has 0 saturated carbocycles. The van der Waals surface area contributed by atoms with Gasteiger partial charge in [-0.1, -0.05) is 17.3 Å². The summed E-state index contributed by atoms with van der Waals surface area (Å²) in [5, 5.41) is 4.21. The highest BCUT2D eigenvalue weighted by Gasteiger charge is 2.42. The Labute approximate surface area is 163 Å². The molecule has 0 aromatic heterocycles. The lowest BCUT2D eigenvalue weighted by Crippen LogP contribution is -2.29. The van der Waals surface area contributed by atoms with Crippen LogP contribution in [-0.4, -0.2) is 39.6 Å². The third kappa shape index (κ3) is 3.74. The van der Waals surface area contributed by atoms with Crippen molar-refractivity contribution in [1.29, 1.82) is 0 Å². The molecule has 2 aromatic carbocycles. The predicted molar refractivity (Wildman–Crippen MR) is 103 cm³/mol. The van der Waals surface area contributed by atoms with Crippen LogP contribution in [-0.2, 0) is 14.4 Å². The molecule has 1 heterocycles. The normalized spacial score (nSPS) is 18.1. The highest BCUT2D eigenvalue weighted by molar-refractivity contribution is 6.13. The van der Waals surface area contributed by atoms with Crippen molar-refractivity contribution in [2.45, 2.75) is 13.0 Å². The van der Waals surface area contributed by atoms with Crippen LogP contribution in [0.25, 0.3) is 0 Å². The van der Waals surface area contributed by atoms with Gasteiger partial charge >= 0.3 is 5.97 Å². The van der Waals surface area contributed by atoms with Gasteiger partial charge in [0.2, 0.25) is 0 Å². The zero-order chi connectivity index (χ0) is 20.1. The molecule has 1 aliphatic rings. The molecule has 3 rings (SSSR count). The zero-order valence-corrected chi connectivity index (χ0v) is 16.3. The second-order valence-electron chi connectivity index (χ2n) is 6.08. The quantitative estimate of drug-likeness (QED) is 0.680. The lowest BCUT2D eigenvalue weighted by atomic mass is 9.88. The summed E-state index contributed by atoms with van der Waals surface area (Å²) in [6, 6.07) is 12.7. The molecule has 0 aliphatic carbocycles. The zero-order valence-electron chi connectivity index (χ0n) is 16.3. The topological polar surface area (TPSA) is 75.6 Å². The Morgan fingerprint density at radius 1 is 1.00 bits per heavy atom. The van der Waals surface area contributed by atoms with Gasteiger partial charge < -0.3 is 23.8 Å². The van der Waals surface area contributed by atoms with Gasteiger partial charge in [-0.15, -0.1) is 0 Å².